The number of hydrogen-bond donors (Lipinski definition) is 2. The first-order valence-corrected chi connectivity index (χ1v) is 8.92. The van der Waals surface area contributed by atoms with Crippen molar-refractivity contribution >= 4 is 33.3 Å². The maximum atomic E-state index is 14.3. The molecule has 0 aliphatic heterocycles. The van der Waals surface area contributed by atoms with E-state index in [2.05, 4.69) is 20.7 Å². The maximum Gasteiger partial charge on any atom is 0.333 e. The van der Waals surface area contributed by atoms with Crippen molar-refractivity contribution in [3.8, 4) is 0 Å². The van der Waals surface area contributed by atoms with E-state index >= 15 is 0 Å². The first-order valence-electron chi connectivity index (χ1n) is 6.97. The van der Waals surface area contributed by atoms with Crippen molar-refractivity contribution in [1.29, 1.82) is 0 Å². The Morgan fingerprint density at radius 1 is 1.45 bits per heavy atom. The van der Waals surface area contributed by atoms with Gasteiger partial charge in [-0.15, -0.1) is 4.72 Å². The molecule has 2 atom stereocenters. The van der Waals surface area contributed by atoms with Gasteiger partial charge in [-0.2, -0.15) is 0 Å². The Morgan fingerprint density at radius 3 is 2.50 bits per heavy atom. The predicted molar refractivity (Wildman–Crippen MR) is 87.2 cm³/mol. The molecule has 1 fully saturated rings. The van der Waals surface area contributed by atoms with Crippen molar-refractivity contribution in [3.63, 3.8) is 0 Å². The summed E-state index contributed by atoms with van der Waals surface area (Å²) in [6.45, 7) is 5.23. The molecule has 0 amide bonds. The molecule has 0 saturated heterocycles. The summed E-state index contributed by atoms with van der Waals surface area (Å²) in [5, 5.41) is 9.84. The van der Waals surface area contributed by atoms with Gasteiger partial charge in [0.2, 0.25) is 0 Å². The molecule has 2 N–H and O–H groups in total. The molecule has 1 saturated carbocycles. The quantitative estimate of drug-likeness (QED) is 0.754. The van der Waals surface area contributed by atoms with Crippen LogP contribution in [0.5, 0.6) is 0 Å². The third-order valence-electron chi connectivity index (χ3n) is 3.69. The molecule has 4 nitrogen and oxygen atoms in total. The first-order chi connectivity index (χ1) is 10.1. The molecule has 0 radical (unpaired) electrons. The van der Waals surface area contributed by atoms with Gasteiger partial charge < -0.3 is 9.66 Å². The van der Waals surface area contributed by atoms with Gasteiger partial charge in [0.25, 0.3) is 0 Å². The van der Waals surface area contributed by atoms with E-state index < -0.39 is 33.4 Å². The zero-order valence-electron chi connectivity index (χ0n) is 12.7. The summed E-state index contributed by atoms with van der Waals surface area (Å²) in [6, 6.07) is 4.19. The molecule has 22 heavy (non-hydrogen) atoms. The topological polar surface area (TPSA) is 72.4 Å². The average Bonchev–Trinajstić information content (AvgIpc) is 3.22. The van der Waals surface area contributed by atoms with Gasteiger partial charge in [-0.3, -0.25) is 0 Å². The van der Waals surface area contributed by atoms with E-state index in [0.717, 1.165) is 0 Å². The lowest BCUT2D eigenvalue weighted by Gasteiger charge is -2.35. The Bertz CT molecular complexity index is 589. The number of nitrogens with one attached hydrogen (secondary N) is 1. The first kappa shape index (κ1) is 17.7. The van der Waals surface area contributed by atoms with Gasteiger partial charge in [0, 0.05) is 21.4 Å². The molecular weight excluding hydrogens is 373 g/mol. The molecule has 0 heterocycles. The van der Waals surface area contributed by atoms with Crippen molar-refractivity contribution < 1.29 is 18.8 Å². The standard InChI is InChI=1S/C15H19BrFNO3S/c1-14(2,3)22(21)18-15(13(19)20,9-4-5-9)11-8-10(16)6-7-12(11)17/h6-9,18H,4-5H2,1-3H3,(H,19,20)/t15-,22?/m1/s1. The summed E-state index contributed by atoms with van der Waals surface area (Å²) in [5.74, 6) is -2.10. The van der Waals surface area contributed by atoms with Crippen molar-refractivity contribution in [1.82, 2.24) is 4.72 Å². The highest BCUT2D eigenvalue weighted by atomic mass is 79.9. The van der Waals surface area contributed by atoms with E-state index in [-0.39, 0.29) is 11.5 Å². The Labute approximate surface area is 140 Å². The number of halogens is 2. The van der Waals surface area contributed by atoms with E-state index in [1.807, 2.05) is 0 Å². The largest absolute Gasteiger partial charge is 0.598 e. The lowest BCUT2D eigenvalue weighted by Crippen LogP contribution is -2.57. The van der Waals surface area contributed by atoms with Crippen molar-refractivity contribution in [2.75, 3.05) is 0 Å². The Balaban J connectivity index is 2.55. The van der Waals surface area contributed by atoms with Gasteiger partial charge >= 0.3 is 5.97 Å². The normalized spacial score (nSPS) is 19.5. The number of benzene rings is 1. The number of carbonyl (C=O) groups is 1. The van der Waals surface area contributed by atoms with E-state index in [4.69, 9.17) is 0 Å². The molecule has 2 rings (SSSR count). The van der Waals surface area contributed by atoms with Crippen LogP contribution in [0, 0.1) is 11.7 Å². The molecule has 1 aromatic rings. The molecule has 1 aliphatic rings. The summed E-state index contributed by atoms with van der Waals surface area (Å²) < 4.78 is 29.5. The molecule has 1 aromatic carbocycles. The minimum atomic E-state index is -1.67. The smallest absolute Gasteiger partial charge is 0.333 e. The number of aliphatic carboxylic acids is 1. The van der Waals surface area contributed by atoms with Gasteiger partial charge in [0.05, 0.1) is 0 Å². The molecule has 1 aliphatic carbocycles. The number of rotatable bonds is 5. The summed E-state index contributed by atoms with van der Waals surface area (Å²) in [4.78, 5) is 12.1. The highest BCUT2D eigenvalue weighted by Crippen LogP contribution is 2.48. The Hall–Kier alpha value is -0.630. The van der Waals surface area contributed by atoms with Crippen LogP contribution in [0.15, 0.2) is 22.7 Å². The minimum Gasteiger partial charge on any atom is -0.598 e. The third kappa shape index (κ3) is 3.32. The van der Waals surface area contributed by atoms with Gasteiger partial charge in [0.1, 0.15) is 10.6 Å². The fourth-order valence-corrected chi connectivity index (χ4v) is 3.63. The second-order valence-electron chi connectivity index (χ2n) is 6.49. The van der Waals surface area contributed by atoms with Crippen LogP contribution >= 0.6 is 15.9 Å². The van der Waals surface area contributed by atoms with Crippen LogP contribution in [0.25, 0.3) is 0 Å². The Morgan fingerprint density at radius 2 is 2.05 bits per heavy atom. The van der Waals surface area contributed by atoms with Gasteiger partial charge in [-0.1, -0.05) is 15.9 Å². The maximum absolute atomic E-state index is 14.3. The molecule has 0 spiro atoms. The van der Waals surface area contributed by atoms with E-state index in [1.165, 1.54) is 18.2 Å². The summed E-state index contributed by atoms with van der Waals surface area (Å²) in [5.41, 5.74) is -1.65. The fourth-order valence-electron chi connectivity index (χ4n) is 2.31. The van der Waals surface area contributed by atoms with Crippen LogP contribution in [0.1, 0.15) is 39.2 Å². The van der Waals surface area contributed by atoms with E-state index in [0.29, 0.717) is 17.3 Å². The molecule has 0 aromatic heterocycles. The van der Waals surface area contributed by atoms with Crippen LogP contribution < -0.4 is 4.72 Å². The third-order valence-corrected chi connectivity index (χ3v) is 5.80. The number of hydrogen-bond acceptors (Lipinski definition) is 3. The molecule has 0 bridgehead atoms. The lowest BCUT2D eigenvalue weighted by atomic mass is 9.85. The van der Waals surface area contributed by atoms with Gasteiger partial charge in [-0.05, 0) is 57.7 Å². The van der Waals surface area contributed by atoms with E-state index in [9.17, 15) is 18.8 Å². The van der Waals surface area contributed by atoms with Crippen molar-refractivity contribution in [3.05, 3.63) is 34.1 Å². The van der Waals surface area contributed by atoms with Crippen LogP contribution in [0.3, 0.4) is 0 Å². The SMILES string of the molecule is CC(C)(C)[S+]([O-])N[C@@](C(=O)O)(c1cc(Br)ccc1F)C1CC1. The lowest BCUT2D eigenvalue weighted by molar-refractivity contribution is -0.145. The van der Waals surface area contributed by atoms with Crippen LogP contribution in [0.4, 0.5) is 4.39 Å². The average molecular weight is 392 g/mol. The Kier molecular flexibility index (Phi) is 4.92. The molecule has 7 heteroatoms. The van der Waals surface area contributed by atoms with Gasteiger partial charge in [0.15, 0.2) is 5.54 Å². The summed E-state index contributed by atoms with van der Waals surface area (Å²) in [6.07, 6.45) is 1.32. The number of carboxylic acids is 1. The summed E-state index contributed by atoms with van der Waals surface area (Å²) >= 11 is 1.61. The highest BCUT2D eigenvalue weighted by molar-refractivity contribution is 9.10. The molecule has 1 unspecified atom stereocenters. The zero-order valence-corrected chi connectivity index (χ0v) is 15.1. The van der Waals surface area contributed by atoms with Crippen molar-refractivity contribution in [2.24, 2.45) is 5.92 Å². The second kappa shape index (κ2) is 6.11. The van der Waals surface area contributed by atoms with Crippen LogP contribution in [-0.2, 0) is 21.7 Å². The second-order valence-corrected chi connectivity index (χ2v) is 9.38. The highest BCUT2D eigenvalue weighted by Gasteiger charge is 2.58. The van der Waals surface area contributed by atoms with E-state index in [1.54, 1.807) is 20.8 Å². The number of carboxylic acid groups (broad SMARTS) is 1. The predicted octanol–water partition coefficient (Wildman–Crippen LogP) is 3.33. The monoisotopic (exact) mass is 391 g/mol. The van der Waals surface area contributed by atoms with Crippen LogP contribution in [-0.4, -0.2) is 20.4 Å². The van der Waals surface area contributed by atoms with Crippen molar-refractivity contribution in [2.45, 2.75) is 43.9 Å². The van der Waals surface area contributed by atoms with Gasteiger partial charge in [-0.25, -0.2) is 9.18 Å². The summed E-state index contributed by atoms with van der Waals surface area (Å²) in [7, 11) is 0. The molecule has 122 valence electrons. The zero-order chi connectivity index (χ0) is 16.7. The fraction of sp³-hybridized carbons (Fsp3) is 0.533. The molecular formula is C15H19BrFNO3S. The van der Waals surface area contributed by atoms with Crippen LogP contribution in [0.2, 0.25) is 0 Å². The minimum absolute atomic E-state index is 0.0227.